The molecule has 1 fully saturated rings. The van der Waals surface area contributed by atoms with Gasteiger partial charge < -0.3 is 16.0 Å². The molecule has 2 atom stereocenters. The minimum absolute atomic E-state index is 0.0132. The van der Waals surface area contributed by atoms with Gasteiger partial charge in [0.2, 0.25) is 5.91 Å². The van der Waals surface area contributed by atoms with Crippen LogP contribution in [0.1, 0.15) is 30.6 Å². The third kappa shape index (κ3) is 3.36. The van der Waals surface area contributed by atoms with Gasteiger partial charge in [-0.25, -0.2) is 0 Å². The summed E-state index contributed by atoms with van der Waals surface area (Å²) in [5.41, 5.74) is 1.31. The van der Waals surface area contributed by atoms with Gasteiger partial charge in [0.05, 0.1) is 6.04 Å². The maximum absolute atomic E-state index is 12.1. The molecule has 5 nitrogen and oxygen atoms in total. The minimum atomic E-state index is -0.127. The summed E-state index contributed by atoms with van der Waals surface area (Å²) in [7, 11) is 0. The lowest BCUT2D eigenvalue weighted by atomic mass is 10.0. The molecule has 1 aliphatic rings. The van der Waals surface area contributed by atoms with Crippen molar-refractivity contribution in [1.29, 1.82) is 0 Å². The molecule has 1 aromatic rings. The Morgan fingerprint density at radius 2 is 2.00 bits per heavy atom. The monoisotopic (exact) mass is 275 g/mol. The van der Waals surface area contributed by atoms with Crippen LogP contribution in [0.5, 0.6) is 0 Å². The Kier molecular flexibility index (Phi) is 4.74. The number of hydrogen-bond acceptors (Lipinski definition) is 3. The number of rotatable bonds is 4. The molecule has 0 radical (unpaired) electrons. The van der Waals surface area contributed by atoms with Gasteiger partial charge in [0.1, 0.15) is 0 Å². The molecule has 20 heavy (non-hydrogen) atoms. The molecule has 0 saturated carbocycles. The third-order valence-corrected chi connectivity index (χ3v) is 3.57. The number of nitrogens with one attached hydrogen (secondary N) is 3. The van der Waals surface area contributed by atoms with E-state index in [1.807, 2.05) is 6.92 Å². The van der Waals surface area contributed by atoms with Crippen LogP contribution in [-0.4, -0.2) is 30.9 Å². The second kappa shape index (κ2) is 6.52. The zero-order valence-corrected chi connectivity index (χ0v) is 11.9. The highest BCUT2D eigenvalue weighted by Gasteiger charge is 2.29. The first-order valence-electron chi connectivity index (χ1n) is 7.04. The van der Waals surface area contributed by atoms with Crippen molar-refractivity contribution in [2.24, 2.45) is 5.92 Å². The van der Waals surface area contributed by atoms with E-state index in [1.165, 1.54) is 0 Å². The van der Waals surface area contributed by atoms with Crippen molar-refractivity contribution in [3.05, 3.63) is 29.8 Å². The van der Waals surface area contributed by atoms with Crippen LogP contribution in [0, 0.1) is 5.92 Å². The SMILES string of the molecule is CCNC(=O)c1ccc(NC(=O)C2NCCC2C)cc1. The fourth-order valence-electron chi connectivity index (χ4n) is 2.37. The van der Waals surface area contributed by atoms with Crippen molar-refractivity contribution in [2.45, 2.75) is 26.3 Å². The topological polar surface area (TPSA) is 70.2 Å². The number of carbonyl (C=O) groups is 2. The predicted molar refractivity (Wildman–Crippen MR) is 78.7 cm³/mol. The number of benzene rings is 1. The van der Waals surface area contributed by atoms with Crippen molar-refractivity contribution in [3.63, 3.8) is 0 Å². The van der Waals surface area contributed by atoms with Crippen molar-refractivity contribution < 1.29 is 9.59 Å². The molecule has 1 aromatic carbocycles. The molecule has 3 N–H and O–H groups in total. The van der Waals surface area contributed by atoms with Gasteiger partial charge in [0.15, 0.2) is 0 Å². The molecule has 5 heteroatoms. The van der Waals surface area contributed by atoms with Crippen molar-refractivity contribution in [1.82, 2.24) is 10.6 Å². The van der Waals surface area contributed by atoms with Crippen molar-refractivity contribution in [2.75, 3.05) is 18.4 Å². The molecule has 1 aliphatic heterocycles. The lowest BCUT2D eigenvalue weighted by Crippen LogP contribution is -2.39. The van der Waals surface area contributed by atoms with Gasteiger partial charge in [0.25, 0.3) is 5.91 Å². The Balaban J connectivity index is 1.96. The first-order chi connectivity index (χ1) is 9.61. The summed E-state index contributed by atoms with van der Waals surface area (Å²) in [6.07, 6.45) is 1.02. The summed E-state index contributed by atoms with van der Waals surface area (Å²) in [5.74, 6) is 0.238. The van der Waals surface area contributed by atoms with Crippen LogP contribution in [0.25, 0.3) is 0 Å². The van der Waals surface area contributed by atoms with E-state index in [-0.39, 0.29) is 17.9 Å². The summed E-state index contributed by atoms with van der Waals surface area (Å²) in [4.78, 5) is 23.7. The summed E-state index contributed by atoms with van der Waals surface area (Å²) in [5, 5.41) is 8.81. The van der Waals surface area contributed by atoms with E-state index >= 15 is 0 Å². The number of amides is 2. The van der Waals surface area contributed by atoms with Gasteiger partial charge in [0, 0.05) is 17.8 Å². The summed E-state index contributed by atoms with van der Waals surface area (Å²) in [6, 6.07) is 6.81. The summed E-state index contributed by atoms with van der Waals surface area (Å²) < 4.78 is 0. The molecule has 0 spiro atoms. The number of anilines is 1. The van der Waals surface area contributed by atoms with Crippen LogP contribution in [0.4, 0.5) is 5.69 Å². The fraction of sp³-hybridized carbons (Fsp3) is 0.467. The van der Waals surface area contributed by atoms with Crippen LogP contribution >= 0.6 is 0 Å². The normalized spacial score (nSPS) is 21.5. The van der Waals surface area contributed by atoms with Crippen LogP contribution in [-0.2, 0) is 4.79 Å². The van der Waals surface area contributed by atoms with Gasteiger partial charge >= 0.3 is 0 Å². The molecule has 0 aliphatic carbocycles. The van der Waals surface area contributed by atoms with E-state index < -0.39 is 0 Å². The van der Waals surface area contributed by atoms with E-state index in [2.05, 4.69) is 22.9 Å². The highest BCUT2D eigenvalue weighted by Crippen LogP contribution is 2.17. The molecular formula is C15H21N3O2. The van der Waals surface area contributed by atoms with Crippen LogP contribution in [0.15, 0.2) is 24.3 Å². The van der Waals surface area contributed by atoms with Gasteiger partial charge in [-0.2, -0.15) is 0 Å². The lowest BCUT2D eigenvalue weighted by Gasteiger charge is -2.15. The predicted octanol–water partition coefficient (Wildman–Crippen LogP) is 1.37. The quantitative estimate of drug-likeness (QED) is 0.777. The molecule has 1 saturated heterocycles. The summed E-state index contributed by atoms with van der Waals surface area (Å²) in [6.45, 7) is 5.43. The zero-order chi connectivity index (χ0) is 14.5. The van der Waals surface area contributed by atoms with Crippen LogP contribution in [0.3, 0.4) is 0 Å². The lowest BCUT2D eigenvalue weighted by molar-refractivity contribution is -0.118. The minimum Gasteiger partial charge on any atom is -0.352 e. The first kappa shape index (κ1) is 14.5. The molecule has 0 aromatic heterocycles. The molecular weight excluding hydrogens is 254 g/mol. The van der Waals surface area contributed by atoms with Gasteiger partial charge in [-0.05, 0) is 50.1 Å². The smallest absolute Gasteiger partial charge is 0.251 e. The third-order valence-electron chi connectivity index (χ3n) is 3.57. The van der Waals surface area contributed by atoms with E-state index in [0.29, 0.717) is 23.7 Å². The largest absolute Gasteiger partial charge is 0.352 e. The molecule has 1 heterocycles. The van der Waals surface area contributed by atoms with E-state index in [4.69, 9.17) is 0 Å². The Bertz CT molecular complexity index is 484. The maximum Gasteiger partial charge on any atom is 0.251 e. The molecule has 2 unspecified atom stereocenters. The van der Waals surface area contributed by atoms with Crippen molar-refractivity contribution in [3.8, 4) is 0 Å². The highest BCUT2D eigenvalue weighted by atomic mass is 16.2. The van der Waals surface area contributed by atoms with Crippen LogP contribution < -0.4 is 16.0 Å². The Labute approximate surface area is 119 Å². The second-order valence-corrected chi connectivity index (χ2v) is 5.12. The summed E-state index contributed by atoms with van der Waals surface area (Å²) >= 11 is 0. The van der Waals surface area contributed by atoms with Gasteiger partial charge in [-0.3, -0.25) is 9.59 Å². The van der Waals surface area contributed by atoms with Gasteiger partial charge in [-0.15, -0.1) is 0 Å². The number of carbonyl (C=O) groups excluding carboxylic acids is 2. The fourth-order valence-corrected chi connectivity index (χ4v) is 2.37. The molecule has 2 rings (SSSR count). The van der Waals surface area contributed by atoms with Crippen LogP contribution in [0.2, 0.25) is 0 Å². The number of hydrogen-bond donors (Lipinski definition) is 3. The second-order valence-electron chi connectivity index (χ2n) is 5.12. The average molecular weight is 275 g/mol. The first-order valence-corrected chi connectivity index (χ1v) is 7.04. The Morgan fingerprint density at radius 1 is 1.30 bits per heavy atom. The molecule has 108 valence electrons. The Morgan fingerprint density at radius 3 is 2.55 bits per heavy atom. The standard InChI is InChI=1S/C15H21N3O2/c1-3-16-14(19)11-4-6-12(7-5-11)18-15(20)13-10(2)8-9-17-13/h4-7,10,13,17H,3,8-9H2,1-2H3,(H,16,19)(H,18,20). The van der Waals surface area contributed by atoms with E-state index in [0.717, 1.165) is 13.0 Å². The zero-order valence-electron chi connectivity index (χ0n) is 11.9. The van der Waals surface area contributed by atoms with Gasteiger partial charge in [-0.1, -0.05) is 6.92 Å². The maximum atomic E-state index is 12.1. The highest BCUT2D eigenvalue weighted by molar-refractivity contribution is 5.97. The average Bonchev–Trinajstić information content (AvgIpc) is 2.86. The van der Waals surface area contributed by atoms with E-state index in [1.54, 1.807) is 24.3 Å². The molecule has 2 amide bonds. The Hall–Kier alpha value is -1.88. The van der Waals surface area contributed by atoms with Crippen molar-refractivity contribution >= 4 is 17.5 Å². The van der Waals surface area contributed by atoms with E-state index in [9.17, 15) is 9.59 Å². The molecule has 0 bridgehead atoms.